The first-order chi connectivity index (χ1) is 11.6. The SMILES string of the molecule is Cc1nc(NC(=O)CCc2ccccc2Cl)sc1-c1ccccn1. The second kappa shape index (κ2) is 7.55. The zero-order chi connectivity index (χ0) is 16.9. The lowest BCUT2D eigenvalue weighted by Gasteiger charge is -2.04. The molecule has 1 amide bonds. The van der Waals surface area contributed by atoms with Gasteiger partial charge in [0, 0.05) is 17.6 Å². The first-order valence-corrected chi connectivity index (χ1v) is 8.75. The third-order valence-electron chi connectivity index (χ3n) is 3.52. The van der Waals surface area contributed by atoms with E-state index >= 15 is 0 Å². The fourth-order valence-corrected chi connectivity index (χ4v) is 3.51. The van der Waals surface area contributed by atoms with E-state index in [0.717, 1.165) is 21.8 Å². The Morgan fingerprint density at radius 2 is 2.00 bits per heavy atom. The van der Waals surface area contributed by atoms with Crippen molar-refractivity contribution in [3.63, 3.8) is 0 Å². The van der Waals surface area contributed by atoms with Crippen LogP contribution in [0.25, 0.3) is 10.6 Å². The van der Waals surface area contributed by atoms with Crippen LogP contribution in [-0.2, 0) is 11.2 Å². The number of halogens is 1. The van der Waals surface area contributed by atoms with Gasteiger partial charge in [-0.25, -0.2) is 4.98 Å². The largest absolute Gasteiger partial charge is 0.302 e. The molecule has 0 atom stereocenters. The highest BCUT2D eigenvalue weighted by Crippen LogP contribution is 2.31. The summed E-state index contributed by atoms with van der Waals surface area (Å²) in [6.45, 7) is 1.92. The summed E-state index contributed by atoms with van der Waals surface area (Å²) in [6.07, 6.45) is 2.71. The number of thiazole rings is 1. The summed E-state index contributed by atoms with van der Waals surface area (Å²) < 4.78 is 0. The average molecular weight is 358 g/mol. The van der Waals surface area contributed by atoms with Crippen molar-refractivity contribution in [3.05, 3.63) is 64.9 Å². The van der Waals surface area contributed by atoms with Crippen molar-refractivity contribution in [2.24, 2.45) is 0 Å². The highest BCUT2D eigenvalue weighted by atomic mass is 35.5. The molecule has 2 heterocycles. The highest BCUT2D eigenvalue weighted by Gasteiger charge is 2.13. The topological polar surface area (TPSA) is 54.9 Å². The Morgan fingerprint density at radius 3 is 2.75 bits per heavy atom. The molecule has 0 spiro atoms. The minimum atomic E-state index is -0.0729. The molecular weight excluding hydrogens is 342 g/mol. The van der Waals surface area contributed by atoms with Crippen molar-refractivity contribution in [2.75, 3.05) is 5.32 Å². The number of aryl methyl sites for hydroxylation is 2. The van der Waals surface area contributed by atoms with Gasteiger partial charge < -0.3 is 5.32 Å². The normalized spacial score (nSPS) is 10.6. The van der Waals surface area contributed by atoms with Crippen LogP contribution in [0.2, 0.25) is 5.02 Å². The summed E-state index contributed by atoms with van der Waals surface area (Å²) in [5.74, 6) is -0.0729. The molecule has 0 saturated heterocycles. The van der Waals surface area contributed by atoms with E-state index in [4.69, 9.17) is 11.6 Å². The Balaban J connectivity index is 1.64. The summed E-state index contributed by atoms with van der Waals surface area (Å²) in [7, 11) is 0. The number of hydrogen-bond acceptors (Lipinski definition) is 4. The van der Waals surface area contributed by atoms with Gasteiger partial charge in [-0.2, -0.15) is 0 Å². The van der Waals surface area contributed by atoms with Crippen LogP contribution in [0.1, 0.15) is 17.7 Å². The highest BCUT2D eigenvalue weighted by molar-refractivity contribution is 7.19. The molecule has 3 rings (SSSR count). The molecule has 6 heteroatoms. The summed E-state index contributed by atoms with van der Waals surface area (Å²) in [5.41, 5.74) is 2.70. The molecule has 122 valence electrons. The average Bonchev–Trinajstić information content (AvgIpc) is 2.95. The van der Waals surface area contributed by atoms with Crippen molar-refractivity contribution >= 4 is 34.0 Å². The molecule has 1 N–H and O–H groups in total. The molecule has 0 aliphatic carbocycles. The standard InChI is InChI=1S/C18H16ClN3OS/c1-12-17(15-8-4-5-11-20-15)24-18(21-12)22-16(23)10-9-13-6-2-3-7-14(13)19/h2-8,11H,9-10H2,1H3,(H,21,22,23). The van der Waals surface area contributed by atoms with E-state index in [2.05, 4.69) is 15.3 Å². The van der Waals surface area contributed by atoms with Gasteiger partial charge in [0.05, 0.1) is 16.3 Å². The smallest absolute Gasteiger partial charge is 0.226 e. The molecule has 0 bridgehead atoms. The summed E-state index contributed by atoms with van der Waals surface area (Å²) in [6, 6.07) is 13.3. The molecule has 3 aromatic rings. The van der Waals surface area contributed by atoms with Crippen LogP contribution in [0.3, 0.4) is 0 Å². The zero-order valence-electron chi connectivity index (χ0n) is 13.1. The summed E-state index contributed by atoms with van der Waals surface area (Å²) >= 11 is 7.55. The second-order valence-corrected chi connectivity index (χ2v) is 6.69. The van der Waals surface area contributed by atoms with Gasteiger partial charge in [-0.15, -0.1) is 0 Å². The molecule has 24 heavy (non-hydrogen) atoms. The molecule has 0 aliphatic rings. The number of benzene rings is 1. The number of nitrogens with one attached hydrogen (secondary N) is 1. The second-order valence-electron chi connectivity index (χ2n) is 5.29. The van der Waals surface area contributed by atoms with Crippen LogP contribution in [0.4, 0.5) is 5.13 Å². The van der Waals surface area contributed by atoms with Crippen LogP contribution >= 0.6 is 22.9 Å². The van der Waals surface area contributed by atoms with Crippen LogP contribution in [-0.4, -0.2) is 15.9 Å². The van der Waals surface area contributed by atoms with E-state index in [1.807, 2.05) is 49.4 Å². The number of nitrogens with zero attached hydrogens (tertiary/aromatic N) is 2. The Hall–Kier alpha value is -2.24. The van der Waals surface area contributed by atoms with Crippen LogP contribution in [0.15, 0.2) is 48.7 Å². The maximum atomic E-state index is 12.2. The summed E-state index contributed by atoms with van der Waals surface area (Å²) in [4.78, 5) is 21.9. The molecule has 4 nitrogen and oxygen atoms in total. The van der Waals surface area contributed by atoms with Crippen molar-refractivity contribution in [3.8, 4) is 10.6 Å². The lowest BCUT2D eigenvalue weighted by molar-refractivity contribution is -0.116. The fraction of sp³-hybridized carbons (Fsp3) is 0.167. The van der Waals surface area contributed by atoms with Crippen LogP contribution < -0.4 is 5.32 Å². The van der Waals surface area contributed by atoms with E-state index in [9.17, 15) is 4.79 Å². The maximum absolute atomic E-state index is 12.2. The number of carbonyl (C=O) groups is 1. The van der Waals surface area contributed by atoms with Gasteiger partial charge in [-0.3, -0.25) is 9.78 Å². The molecule has 0 saturated carbocycles. The molecule has 0 unspecified atom stereocenters. The number of amides is 1. The quantitative estimate of drug-likeness (QED) is 0.717. The number of rotatable bonds is 5. The monoisotopic (exact) mass is 357 g/mol. The van der Waals surface area contributed by atoms with Gasteiger partial charge in [0.1, 0.15) is 0 Å². The molecule has 1 aromatic carbocycles. The first kappa shape index (κ1) is 16.6. The molecule has 2 aromatic heterocycles. The number of anilines is 1. The Morgan fingerprint density at radius 1 is 1.21 bits per heavy atom. The van der Waals surface area contributed by atoms with E-state index in [-0.39, 0.29) is 5.91 Å². The van der Waals surface area contributed by atoms with Crippen molar-refractivity contribution in [2.45, 2.75) is 19.8 Å². The molecule has 0 radical (unpaired) electrons. The van der Waals surface area contributed by atoms with E-state index < -0.39 is 0 Å². The Labute approximate surface area is 149 Å². The van der Waals surface area contributed by atoms with Crippen molar-refractivity contribution in [1.29, 1.82) is 0 Å². The van der Waals surface area contributed by atoms with Gasteiger partial charge in [0.2, 0.25) is 5.91 Å². The first-order valence-electron chi connectivity index (χ1n) is 7.55. The summed E-state index contributed by atoms with van der Waals surface area (Å²) in [5, 5.41) is 4.14. The zero-order valence-corrected chi connectivity index (χ0v) is 14.7. The minimum Gasteiger partial charge on any atom is -0.302 e. The minimum absolute atomic E-state index is 0.0729. The number of pyridine rings is 1. The maximum Gasteiger partial charge on any atom is 0.226 e. The molecule has 0 fully saturated rings. The third kappa shape index (κ3) is 3.99. The predicted octanol–water partition coefficient (Wildman–Crippen LogP) is 4.74. The third-order valence-corrected chi connectivity index (χ3v) is 4.98. The predicted molar refractivity (Wildman–Crippen MR) is 98.5 cm³/mol. The van der Waals surface area contributed by atoms with Gasteiger partial charge in [0.25, 0.3) is 0 Å². The van der Waals surface area contributed by atoms with Gasteiger partial charge >= 0.3 is 0 Å². The van der Waals surface area contributed by atoms with Crippen molar-refractivity contribution < 1.29 is 4.79 Å². The van der Waals surface area contributed by atoms with E-state index in [1.54, 1.807) is 6.20 Å². The lowest BCUT2D eigenvalue weighted by Crippen LogP contribution is -2.12. The van der Waals surface area contributed by atoms with Crippen molar-refractivity contribution in [1.82, 2.24) is 9.97 Å². The fourth-order valence-electron chi connectivity index (χ4n) is 2.32. The van der Waals surface area contributed by atoms with Gasteiger partial charge in [-0.1, -0.05) is 47.2 Å². The Kier molecular flexibility index (Phi) is 5.23. The number of hydrogen-bond donors (Lipinski definition) is 1. The molecular formula is C18H16ClN3OS. The lowest BCUT2D eigenvalue weighted by atomic mass is 10.1. The number of carbonyl (C=O) groups excluding carboxylic acids is 1. The molecule has 0 aliphatic heterocycles. The van der Waals surface area contributed by atoms with E-state index in [0.29, 0.717) is 23.0 Å². The van der Waals surface area contributed by atoms with Crippen LogP contribution in [0.5, 0.6) is 0 Å². The van der Waals surface area contributed by atoms with Gasteiger partial charge in [-0.05, 0) is 37.1 Å². The van der Waals surface area contributed by atoms with Gasteiger partial charge in [0.15, 0.2) is 5.13 Å². The number of aromatic nitrogens is 2. The Bertz CT molecular complexity index is 848. The van der Waals surface area contributed by atoms with E-state index in [1.165, 1.54) is 11.3 Å². The van der Waals surface area contributed by atoms with Crippen LogP contribution in [0, 0.1) is 6.92 Å².